The topological polar surface area (TPSA) is 95.9 Å². The minimum Gasteiger partial charge on any atom is -0.507 e. The van der Waals surface area contributed by atoms with E-state index in [1.807, 2.05) is 0 Å². The van der Waals surface area contributed by atoms with Gasteiger partial charge in [0.2, 0.25) is 0 Å². The molecule has 0 saturated carbocycles. The van der Waals surface area contributed by atoms with Gasteiger partial charge in [-0.2, -0.15) is 0 Å². The zero-order chi connectivity index (χ0) is 20.1. The summed E-state index contributed by atoms with van der Waals surface area (Å²) < 4.78 is 5.74. The van der Waals surface area contributed by atoms with Crippen molar-refractivity contribution in [2.75, 3.05) is 5.32 Å². The molecule has 3 aromatic rings. The number of carboxylic acids is 1. The maximum absolute atomic E-state index is 12.5. The number of rotatable bonds is 6. The maximum Gasteiger partial charge on any atom is 0.337 e. The van der Waals surface area contributed by atoms with Gasteiger partial charge in [-0.05, 0) is 42.0 Å². The summed E-state index contributed by atoms with van der Waals surface area (Å²) in [6.07, 6.45) is 0. The SMILES string of the molecule is O=C(Nc1c(OCc2ccc(Cl)cc2)cccc1C(=O)O)c1ccccc1O. The number of phenolic OH excluding ortho intramolecular Hbond substituents is 1. The molecule has 0 aliphatic carbocycles. The van der Waals surface area contributed by atoms with Gasteiger partial charge in [0.05, 0.1) is 16.8 Å². The number of carbonyl (C=O) groups is 2. The molecule has 0 bridgehead atoms. The van der Waals surface area contributed by atoms with Crippen LogP contribution in [0.15, 0.2) is 66.7 Å². The summed E-state index contributed by atoms with van der Waals surface area (Å²) in [4.78, 5) is 24.1. The Balaban J connectivity index is 1.89. The molecule has 0 heterocycles. The Labute approximate surface area is 166 Å². The van der Waals surface area contributed by atoms with E-state index in [4.69, 9.17) is 16.3 Å². The van der Waals surface area contributed by atoms with E-state index in [1.165, 1.54) is 24.3 Å². The summed E-state index contributed by atoms with van der Waals surface area (Å²) in [7, 11) is 0. The largest absolute Gasteiger partial charge is 0.507 e. The van der Waals surface area contributed by atoms with Crippen LogP contribution in [0.4, 0.5) is 5.69 Å². The van der Waals surface area contributed by atoms with Crippen molar-refractivity contribution < 1.29 is 24.5 Å². The number of anilines is 1. The van der Waals surface area contributed by atoms with Crippen LogP contribution in [0, 0.1) is 0 Å². The van der Waals surface area contributed by atoms with Crippen molar-refractivity contribution in [3.05, 3.63) is 88.4 Å². The molecule has 6 nitrogen and oxygen atoms in total. The van der Waals surface area contributed by atoms with Crippen LogP contribution in [0.5, 0.6) is 11.5 Å². The Morgan fingerprint density at radius 2 is 1.61 bits per heavy atom. The van der Waals surface area contributed by atoms with Gasteiger partial charge in [0.1, 0.15) is 18.1 Å². The molecule has 0 radical (unpaired) electrons. The van der Waals surface area contributed by atoms with E-state index >= 15 is 0 Å². The van der Waals surface area contributed by atoms with Crippen LogP contribution in [0.3, 0.4) is 0 Å². The lowest BCUT2D eigenvalue weighted by Crippen LogP contribution is -2.16. The molecule has 0 saturated heterocycles. The van der Waals surface area contributed by atoms with Gasteiger partial charge in [0.25, 0.3) is 5.91 Å². The number of nitrogens with one attached hydrogen (secondary N) is 1. The second kappa shape index (κ2) is 8.45. The van der Waals surface area contributed by atoms with Crippen LogP contribution >= 0.6 is 11.6 Å². The zero-order valence-corrected chi connectivity index (χ0v) is 15.3. The number of para-hydroxylation sites is 2. The molecule has 142 valence electrons. The molecule has 3 N–H and O–H groups in total. The molecule has 1 amide bonds. The first kappa shape index (κ1) is 19.3. The molecule has 0 spiro atoms. The fourth-order valence-corrected chi connectivity index (χ4v) is 2.67. The Kier molecular flexibility index (Phi) is 5.81. The third kappa shape index (κ3) is 4.42. The lowest BCUT2D eigenvalue weighted by Gasteiger charge is -2.15. The first-order valence-electron chi connectivity index (χ1n) is 8.28. The number of aromatic hydroxyl groups is 1. The summed E-state index contributed by atoms with van der Waals surface area (Å²) >= 11 is 5.86. The number of aromatic carboxylic acids is 1. The monoisotopic (exact) mass is 397 g/mol. The van der Waals surface area contributed by atoms with Crippen molar-refractivity contribution in [2.45, 2.75) is 6.61 Å². The van der Waals surface area contributed by atoms with Gasteiger partial charge in [0, 0.05) is 5.02 Å². The van der Waals surface area contributed by atoms with Gasteiger partial charge in [-0.15, -0.1) is 0 Å². The normalized spacial score (nSPS) is 10.3. The standard InChI is InChI=1S/C21H16ClNO5/c22-14-10-8-13(9-11-14)12-28-18-7-3-5-16(21(26)27)19(18)23-20(25)15-4-1-2-6-17(15)24/h1-11,24H,12H2,(H,23,25)(H,26,27). The molecule has 0 aliphatic heterocycles. The van der Waals surface area contributed by atoms with Crippen molar-refractivity contribution in [1.29, 1.82) is 0 Å². The van der Waals surface area contributed by atoms with Gasteiger partial charge in [-0.1, -0.05) is 41.9 Å². The number of carboxylic acid groups (broad SMARTS) is 1. The van der Waals surface area contributed by atoms with E-state index < -0.39 is 11.9 Å². The fourth-order valence-electron chi connectivity index (χ4n) is 2.55. The highest BCUT2D eigenvalue weighted by atomic mass is 35.5. The number of amides is 1. The molecule has 0 atom stereocenters. The third-order valence-electron chi connectivity index (χ3n) is 3.95. The molecule has 3 rings (SSSR count). The molecular weight excluding hydrogens is 382 g/mol. The van der Waals surface area contributed by atoms with E-state index in [1.54, 1.807) is 42.5 Å². The minimum atomic E-state index is -1.22. The minimum absolute atomic E-state index is 0.0113. The van der Waals surface area contributed by atoms with E-state index in [-0.39, 0.29) is 34.9 Å². The highest BCUT2D eigenvalue weighted by molar-refractivity contribution is 6.30. The fraction of sp³-hybridized carbons (Fsp3) is 0.0476. The second-order valence-corrected chi connectivity index (χ2v) is 6.31. The van der Waals surface area contributed by atoms with E-state index in [9.17, 15) is 19.8 Å². The number of hydrogen-bond acceptors (Lipinski definition) is 4. The molecule has 7 heteroatoms. The summed E-state index contributed by atoms with van der Waals surface area (Å²) in [6, 6.07) is 17.4. The van der Waals surface area contributed by atoms with Crippen LogP contribution in [-0.4, -0.2) is 22.1 Å². The number of benzene rings is 3. The smallest absolute Gasteiger partial charge is 0.337 e. The molecule has 0 unspecified atom stereocenters. The quantitative estimate of drug-likeness (QED) is 0.566. The van der Waals surface area contributed by atoms with Crippen LogP contribution < -0.4 is 10.1 Å². The Morgan fingerprint density at radius 3 is 2.29 bits per heavy atom. The number of halogens is 1. The average molecular weight is 398 g/mol. The molecular formula is C21H16ClNO5. The van der Waals surface area contributed by atoms with E-state index in [0.717, 1.165) is 5.56 Å². The molecule has 0 fully saturated rings. The summed E-state index contributed by atoms with van der Waals surface area (Å²) in [5, 5.41) is 22.5. The number of carbonyl (C=O) groups excluding carboxylic acids is 1. The Bertz CT molecular complexity index is 1020. The van der Waals surface area contributed by atoms with E-state index in [0.29, 0.717) is 5.02 Å². The van der Waals surface area contributed by atoms with Crippen molar-refractivity contribution in [1.82, 2.24) is 0 Å². The molecule has 0 aliphatic rings. The lowest BCUT2D eigenvalue weighted by molar-refractivity contribution is 0.0697. The van der Waals surface area contributed by atoms with Crippen LogP contribution in [0.2, 0.25) is 5.02 Å². The van der Waals surface area contributed by atoms with Crippen molar-refractivity contribution in [3.8, 4) is 11.5 Å². The third-order valence-corrected chi connectivity index (χ3v) is 4.20. The molecule has 28 heavy (non-hydrogen) atoms. The number of hydrogen-bond donors (Lipinski definition) is 3. The maximum atomic E-state index is 12.5. The molecule has 3 aromatic carbocycles. The summed E-state index contributed by atoms with van der Waals surface area (Å²) in [5.41, 5.74) is 0.726. The Hall–Kier alpha value is -3.51. The lowest BCUT2D eigenvalue weighted by atomic mass is 10.1. The van der Waals surface area contributed by atoms with Gasteiger partial charge < -0.3 is 20.3 Å². The van der Waals surface area contributed by atoms with Crippen molar-refractivity contribution >= 4 is 29.2 Å². The predicted molar refractivity (Wildman–Crippen MR) is 105 cm³/mol. The number of phenols is 1. The van der Waals surface area contributed by atoms with Gasteiger partial charge >= 0.3 is 5.97 Å². The second-order valence-electron chi connectivity index (χ2n) is 5.87. The van der Waals surface area contributed by atoms with Crippen molar-refractivity contribution in [2.24, 2.45) is 0 Å². The van der Waals surface area contributed by atoms with Crippen molar-refractivity contribution in [3.63, 3.8) is 0 Å². The van der Waals surface area contributed by atoms with Crippen LogP contribution in [0.1, 0.15) is 26.3 Å². The highest BCUT2D eigenvalue weighted by Crippen LogP contribution is 2.31. The predicted octanol–water partition coefficient (Wildman–Crippen LogP) is 4.58. The summed E-state index contributed by atoms with van der Waals surface area (Å²) in [5.74, 6) is -1.89. The number of ether oxygens (including phenoxy) is 1. The highest BCUT2D eigenvalue weighted by Gasteiger charge is 2.19. The van der Waals surface area contributed by atoms with E-state index in [2.05, 4.69) is 5.32 Å². The first-order valence-corrected chi connectivity index (χ1v) is 8.66. The zero-order valence-electron chi connectivity index (χ0n) is 14.6. The Morgan fingerprint density at radius 1 is 0.929 bits per heavy atom. The van der Waals surface area contributed by atoms with Gasteiger partial charge in [0.15, 0.2) is 0 Å². The van der Waals surface area contributed by atoms with Crippen LogP contribution in [0.25, 0.3) is 0 Å². The molecule has 0 aromatic heterocycles. The first-order chi connectivity index (χ1) is 13.5. The average Bonchev–Trinajstić information content (AvgIpc) is 2.68. The van der Waals surface area contributed by atoms with Crippen LogP contribution in [-0.2, 0) is 6.61 Å². The van der Waals surface area contributed by atoms with Gasteiger partial charge in [-0.3, -0.25) is 4.79 Å². The van der Waals surface area contributed by atoms with Gasteiger partial charge in [-0.25, -0.2) is 4.79 Å². The summed E-state index contributed by atoms with van der Waals surface area (Å²) in [6.45, 7) is 0.152.